The predicted molar refractivity (Wildman–Crippen MR) is 78.2 cm³/mol. The molecule has 0 nitrogen and oxygen atoms in total. The molecule has 0 atom stereocenters. The zero-order valence-corrected chi connectivity index (χ0v) is 13.5. The monoisotopic (exact) mass is 332 g/mol. The molecule has 0 fully saturated rings. The summed E-state index contributed by atoms with van der Waals surface area (Å²) in [6.45, 7) is 10.1. The van der Waals surface area contributed by atoms with Crippen LogP contribution in [0.5, 0.6) is 0 Å². The number of halogens is 1. The van der Waals surface area contributed by atoms with Gasteiger partial charge in [0.05, 0.1) is 16.1 Å². The van der Waals surface area contributed by atoms with Gasteiger partial charge in [-0.05, 0) is 34.7 Å². The van der Waals surface area contributed by atoms with Crippen LogP contribution < -0.4 is 10.4 Å². The molecule has 1 aliphatic rings. The molecule has 0 amide bonds. The quantitative estimate of drug-likeness (QED) is 0.506. The molecule has 0 unspecified atom stereocenters. The maximum atomic E-state index is 2.53. The van der Waals surface area contributed by atoms with Gasteiger partial charge in [0.15, 0.2) is 0 Å². The normalized spacial score (nSPS) is 22.1. The van der Waals surface area contributed by atoms with Crippen LogP contribution in [-0.2, 0) is 0 Å². The van der Waals surface area contributed by atoms with E-state index < -0.39 is 16.1 Å². The summed E-state index contributed by atoms with van der Waals surface area (Å²) in [5, 5.41) is 3.50. The van der Waals surface area contributed by atoms with Crippen molar-refractivity contribution in [3.05, 3.63) is 21.8 Å². The summed E-state index contributed by atoms with van der Waals surface area (Å²) in [5.74, 6) is 0. The summed E-state index contributed by atoms with van der Waals surface area (Å²) in [5.41, 5.74) is 1.54. The first kappa shape index (κ1) is 10.9. The molecule has 1 heterocycles. The number of fused-ring (bicyclic) bond motifs is 1. The Kier molecular flexibility index (Phi) is 2.48. The standard InChI is InChI=1S/C11H17ISi2/c1-13(2)8-14(3,4)11-7-9(12)5-6-10(11)13/h5-7H,8H2,1-4H3. The SMILES string of the molecule is C[Si]1(C)C[Si](C)(C)c2cc(I)ccc21. The number of hydrogen-bond acceptors (Lipinski definition) is 0. The van der Waals surface area contributed by atoms with E-state index in [9.17, 15) is 0 Å². The van der Waals surface area contributed by atoms with Gasteiger partial charge in [-0.2, -0.15) is 0 Å². The Morgan fingerprint density at radius 3 is 2.21 bits per heavy atom. The molecule has 0 aromatic heterocycles. The van der Waals surface area contributed by atoms with Gasteiger partial charge in [-0.3, -0.25) is 0 Å². The van der Waals surface area contributed by atoms with Crippen molar-refractivity contribution in [3.8, 4) is 0 Å². The van der Waals surface area contributed by atoms with Crippen LogP contribution in [0, 0.1) is 3.57 Å². The molecule has 0 spiro atoms. The third-order valence-corrected chi connectivity index (χ3v) is 15.1. The Morgan fingerprint density at radius 2 is 1.57 bits per heavy atom. The van der Waals surface area contributed by atoms with E-state index in [1.165, 1.54) is 9.24 Å². The highest BCUT2D eigenvalue weighted by Crippen LogP contribution is 2.26. The van der Waals surface area contributed by atoms with Gasteiger partial charge < -0.3 is 0 Å². The molecule has 3 heteroatoms. The molecule has 1 aliphatic heterocycles. The topological polar surface area (TPSA) is 0 Å². The molecular formula is C11H17ISi2. The smallest absolute Gasteiger partial charge is 0.0656 e. The number of benzene rings is 1. The van der Waals surface area contributed by atoms with E-state index >= 15 is 0 Å². The minimum absolute atomic E-state index is 1.06. The first-order valence-corrected chi connectivity index (χ1v) is 12.6. The van der Waals surface area contributed by atoms with E-state index in [0.717, 1.165) is 0 Å². The largest absolute Gasteiger partial charge is 0.0782 e. The lowest BCUT2D eigenvalue weighted by molar-refractivity contribution is 1.63. The molecular weight excluding hydrogens is 315 g/mol. The van der Waals surface area contributed by atoms with Gasteiger partial charge in [0.25, 0.3) is 0 Å². The van der Waals surface area contributed by atoms with Crippen molar-refractivity contribution in [1.82, 2.24) is 0 Å². The van der Waals surface area contributed by atoms with Gasteiger partial charge >= 0.3 is 0 Å². The summed E-state index contributed by atoms with van der Waals surface area (Å²) in [6.07, 6.45) is 0. The third kappa shape index (κ3) is 1.63. The fourth-order valence-electron chi connectivity index (χ4n) is 2.96. The Balaban J connectivity index is 2.66. The van der Waals surface area contributed by atoms with Crippen molar-refractivity contribution in [2.24, 2.45) is 0 Å². The van der Waals surface area contributed by atoms with E-state index in [1.807, 2.05) is 0 Å². The summed E-state index contributed by atoms with van der Waals surface area (Å²) in [6, 6.07) is 7.14. The molecule has 14 heavy (non-hydrogen) atoms. The van der Waals surface area contributed by atoms with Crippen LogP contribution in [0.3, 0.4) is 0 Å². The van der Waals surface area contributed by atoms with Crippen LogP contribution in [0.25, 0.3) is 0 Å². The zero-order valence-electron chi connectivity index (χ0n) is 9.32. The lowest BCUT2D eigenvalue weighted by Crippen LogP contribution is -2.44. The van der Waals surface area contributed by atoms with E-state index in [4.69, 9.17) is 0 Å². The molecule has 1 aromatic carbocycles. The molecule has 0 saturated heterocycles. The fourth-order valence-corrected chi connectivity index (χ4v) is 18.8. The Hall–Kier alpha value is 0.384. The van der Waals surface area contributed by atoms with Gasteiger partial charge in [-0.25, -0.2) is 0 Å². The summed E-state index contributed by atoms with van der Waals surface area (Å²) in [7, 11) is -2.13. The predicted octanol–water partition coefficient (Wildman–Crippen LogP) is 2.67. The fraction of sp³-hybridized carbons (Fsp3) is 0.455. The summed E-state index contributed by atoms with van der Waals surface area (Å²) < 4.78 is 1.41. The van der Waals surface area contributed by atoms with Crippen LogP contribution >= 0.6 is 22.6 Å². The van der Waals surface area contributed by atoms with Gasteiger partial charge in [0.1, 0.15) is 0 Å². The van der Waals surface area contributed by atoms with Crippen LogP contribution in [0.15, 0.2) is 18.2 Å². The Morgan fingerprint density at radius 1 is 1.00 bits per heavy atom. The van der Waals surface area contributed by atoms with E-state index in [2.05, 4.69) is 67.0 Å². The van der Waals surface area contributed by atoms with Crippen LogP contribution in [-0.4, -0.2) is 16.1 Å². The zero-order chi connectivity index (χ0) is 10.6. The van der Waals surface area contributed by atoms with Gasteiger partial charge in [-0.1, -0.05) is 48.3 Å². The molecule has 0 saturated carbocycles. The molecule has 0 N–H and O–H groups in total. The molecule has 0 aliphatic carbocycles. The average molecular weight is 332 g/mol. The van der Waals surface area contributed by atoms with Crippen molar-refractivity contribution in [2.75, 3.05) is 0 Å². The Labute approximate surface area is 102 Å². The van der Waals surface area contributed by atoms with Gasteiger partial charge in [0.2, 0.25) is 0 Å². The molecule has 1 aromatic rings. The third-order valence-electron chi connectivity index (χ3n) is 3.32. The summed E-state index contributed by atoms with van der Waals surface area (Å²) >= 11 is 2.44. The first-order chi connectivity index (χ1) is 6.33. The molecule has 0 bridgehead atoms. The Bertz CT molecular complexity index is 383. The number of hydrogen-bond donors (Lipinski definition) is 0. The minimum Gasteiger partial charge on any atom is -0.0656 e. The molecule has 2 rings (SSSR count). The lowest BCUT2D eigenvalue weighted by atomic mass is 10.4. The highest BCUT2D eigenvalue weighted by atomic mass is 127. The highest BCUT2D eigenvalue weighted by Gasteiger charge is 2.44. The van der Waals surface area contributed by atoms with Gasteiger partial charge in [-0.15, -0.1) is 0 Å². The van der Waals surface area contributed by atoms with Crippen molar-refractivity contribution in [2.45, 2.75) is 31.9 Å². The van der Waals surface area contributed by atoms with Crippen molar-refractivity contribution < 1.29 is 0 Å². The van der Waals surface area contributed by atoms with E-state index in [0.29, 0.717) is 0 Å². The second kappa shape index (κ2) is 3.19. The van der Waals surface area contributed by atoms with Crippen LogP contribution in [0.4, 0.5) is 0 Å². The van der Waals surface area contributed by atoms with Crippen molar-refractivity contribution in [3.63, 3.8) is 0 Å². The lowest BCUT2D eigenvalue weighted by Gasteiger charge is -2.19. The molecule has 0 radical (unpaired) electrons. The van der Waals surface area contributed by atoms with E-state index in [1.54, 1.807) is 10.4 Å². The second-order valence-corrected chi connectivity index (χ2v) is 16.9. The van der Waals surface area contributed by atoms with E-state index in [-0.39, 0.29) is 0 Å². The van der Waals surface area contributed by atoms with Gasteiger partial charge in [0, 0.05) is 3.57 Å². The first-order valence-electron chi connectivity index (χ1n) is 5.13. The highest BCUT2D eigenvalue weighted by molar-refractivity contribution is 14.1. The second-order valence-electron chi connectivity index (χ2n) is 5.63. The minimum atomic E-state index is -1.07. The van der Waals surface area contributed by atoms with Crippen molar-refractivity contribution >= 4 is 49.1 Å². The average Bonchev–Trinajstić information content (AvgIpc) is 2.17. The van der Waals surface area contributed by atoms with Crippen LogP contribution in [0.1, 0.15) is 0 Å². The maximum Gasteiger partial charge on any atom is 0.0782 e. The molecule has 76 valence electrons. The maximum absolute atomic E-state index is 2.53. The number of rotatable bonds is 0. The van der Waals surface area contributed by atoms with Crippen LogP contribution in [0.2, 0.25) is 31.9 Å². The van der Waals surface area contributed by atoms with Crippen molar-refractivity contribution in [1.29, 1.82) is 0 Å². The summed E-state index contributed by atoms with van der Waals surface area (Å²) in [4.78, 5) is 0.